The molecule has 2 amide bonds. The standard InChI is InChI=1S/C20H25N3O4/c1-3-27-18-9-4-15(5-10-18)6-13-19(24)22-23-20(25)14-21-16-7-11-17(26-2)12-8-16/h4-5,7-12,21H,3,6,13-14H2,1-2H3,(H,22,24)(H,23,25). The third-order valence-corrected chi connectivity index (χ3v) is 3.76. The summed E-state index contributed by atoms with van der Waals surface area (Å²) in [6, 6.07) is 14.8. The van der Waals surface area contributed by atoms with Crippen LogP contribution in [-0.2, 0) is 16.0 Å². The van der Waals surface area contributed by atoms with Crippen LogP contribution in [-0.4, -0.2) is 32.1 Å². The molecule has 7 nitrogen and oxygen atoms in total. The van der Waals surface area contributed by atoms with Crippen LogP contribution in [0.4, 0.5) is 5.69 Å². The van der Waals surface area contributed by atoms with E-state index in [1.54, 1.807) is 19.2 Å². The van der Waals surface area contributed by atoms with Crippen molar-refractivity contribution in [2.75, 3.05) is 25.6 Å². The predicted octanol–water partition coefficient (Wildman–Crippen LogP) is 2.29. The van der Waals surface area contributed by atoms with Gasteiger partial charge in [-0.3, -0.25) is 20.4 Å². The molecular weight excluding hydrogens is 346 g/mol. The molecule has 0 aliphatic carbocycles. The molecule has 0 aromatic heterocycles. The minimum Gasteiger partial charge on any atom is -0.497 e. The summed E-state index contributed by atoms with van der Waals surface area (Å²) >= 11 is 0. The van der Waals surface area contributed by atoms with E-state index in [1.165, 1.54) is 0 Å². The van der Waals surface area contributed by atoms with Crippen molar-refractivity contribution in [1.29, 1.82) is 0 Å². The molecule has 7 heteroatoms. The van der Waals surface area contributed by atoms with E-state index >= 15 is 0 Å². The first-order valence-electron chi connectivity index (χ1n) is 8.78. The summed E-state index contributed by atoms with van der Waals surface area (Å²) < 4.78 is 10.4. The molecule has 0 heterocycles. The number of hydrogen-bond donors (Lipinski definition) is 3. The van der Waals surface area contributed by atoms with Gasteiger partial charge in [0.05, 0.1) is 20.3 Å². The Morgan fingerprint density at radius 1 is 0.889 bits per heavy atom. The predicted molar refractivity (Wildman–Crippen MR) is 104 cm³/mol. The topological polar surface area (TPSA) is 88.7 Å². The molecule has 0 radical (unpaired) electrons. The van der Waals surface area contributed by atoms with E-state index in [2.05, 4.69) is 16.2 Å². The number of aryl methyl sites for hydroxylation is 1. The van der Waals surface area contributed by atoms with E-state index in [-0.39, 0.29) is 24.8 Å². The molecule has 144 valence electrons. The van der Waals surface area contributed by atoms with Crippen molar-refractivity contribution in [3.05, 3.63) is 54.1 Å². The molecule has 0 fully saturated rings. The highest BCUT2D eigenvalue weighted by atomic mass is 16.5. The Morgan fingerprint density at radius 3 is 2.15 bits per heavy atom. The third kappa shape index (κ3) is 7.27. The first-order chi connectivity index (χ1) is 13.1. The summed E-state index contributed by atoms with van der Waals surface area (Å²) in [6.07, 6.45) is 0.860. The monoisotopic (exact) mass is 371 g/mol. The zero-order valence-electron chi connectivity index (χ0n) is 15.6. The first-order valence-corrected chi connectivity index (χ1v) is 8.78. The summed E-state index contributed by atoms with van der Waals surface area (Å²) in [5.41, 5.74) is 6.62. The van der Waals surface area contributed by atoms with E-state index in [0.29, 0.717) is 13.0 Å². The van der Waals surface area contributed by atoms with Crippen molar-refractivity contribution < 1.29 is 19.1 Å². The lowest BCUT2D eigenvalue weighted by Gasteiger charge is -2.10. The van der Waals surface area contributed by atoms with E-state index < -0.39 is 0 Å². The molecule has 0 spiro atoms. The average Bonchev–Trinajstić information content (AvgIpc) is 2.70. The van der Waals surface area contributed by atoms with Crippen LogP contribution in [0.15, 0.2) is 48.5 Å². The molecule has 2 rings (SSSR count). The number of anilines is 1. The van der Waals surface area contributed by atoms with Gasteiger partial charge < -0.3 is 14.8 Å². The number of ether oxygens (including phenoxy) is 2. The smallest absolute Gasteiger partial charge is 0.257 e. The quantitative estimate of drug-likeness (QED) is 0.589. The summed E-state index contributed by atoms with van der Waals surface area (Å²) in [6.45, 7) is 2.60. The number of benzene rings is 2. The van der Waals surface area contributed by atoms with Gasteiger partial charge in [-0.05, 0) is 55.3 Å². The van der Waals surface area contributed by atoms with E-state index in [4.69, 9.17) is 9.47 Å². The fraction of sp³-hybridized carbons (Fsp3) is 0.300. The molecule has 0 aliphatic rings. The minimum absolute atomic E-state index is 0.0471. The largest absolute Gasteiger partial charge is 0.497 e. The summed E-state index contributed by atoms with van der Waals surface area (Å²) in [5, 5.41) is 2.96. The zero-order chi connectivity index (χ0) is 19.5. The van der Waals surface area contributed by atoms with Gasteiger partial charge in [-0.1, -0.05) is 12.1 Å². The summed E-state index contributed by atoms with van der Waals surface area (Å²) in [4.78, 5) is 23.6. The first kappa shape index (κ1) is 20.1. The van der Waals surface area contributed by atoms with Crippen molar-refractivity contribution in [3.63, 3.8) is 0 Å². The van der Waals surface area contributed by atoms with Crippen LogP contribution >= 0.6 is 0 Å². The number of carbonyl (C=O) groups excluding carboxylic acids is 2. The molecular formula is C20H25N3O4. The summed E-state index contributed by atoms with van der Waals surface area (Å²) in [7, 11) is 1.59. The molecule has 2 aromatic rings. The van der Waals surface area contributed by atoms with Crippen molar-refractivity contribution in [1.82, 2.24) is 10.9 Å². The lowest BCUT2D eigenvalue weighted by molar-refractivity contribution is -0.128. The van der Waals surface area contributed by atoms with E-state index in [9.17, 15) is 9.59 Å². The third-order valence-electron chi connectivity index (χ3n) is 3.76. The van der Waals surface area contributed by atoms with Gasteiger partial charge in [0, 0.05) is 12.1 Å². The zero-order valence-corrected chi connectivity index (χ0v) is 15.6. The number of amides is 2. The van der Waals surface area contributed by atoms with Crippen LogP contribution in [0.3, 0.4) is 0 Å². The molecule has 0 atom stereocenters. The Labute approximate surface area is 159 Å². The number of hydrazine groups is 1. The van der Waals surface area contributed by atoms with Gasteiger partial charge in [0.25, 0.3) is 5.91 Å². The molecule has 0 aliphatic heterocycles. The maximum absolute atomic E-state index is 11.9. The number of nitrogens with one attached hydrogen (secondary N) is 3. The maximum atomic E-state index is 11.9. The number of rotatable bonds is 9. The van der Waals surface area contributed by atoms with Crippen LogP contribution in [0, 0.1) is 0 Å². The van der Waals surface area contributed by atoms with Crippen LogP contribution in [0.2, 0.25) is 0 Å². The van der Waals surface area contributed by atoms with Gasteiger partial charge in [-0.15, -0.1) is 0 Å². The average molecular weight is 371 g/mol. The van der Waals surface area contributed by atoms with E-state index in [1.807, 2.05) is 43.3 Å². The van der Waals surface area contributed by atoms with Crippen LogP contribution < -0.4 is 25.6 Å². The van der Waals surface area contributed by atoms with Crippen LogP contribution in [0.1, 0.15) is 18.9 Å². The highest BCUT2D eigenvalue weighted by Crippen LogP contribution is 2.14. The molecule has 0 bridgehead atoms. The second-order valence-corrected chi connectivity index (χ2v) is 5.76. The molecule has 0 saturated carbocycles. The second kappa shape index (κ2) is 10.7. The van der Waals surface area contributed by atoms with Gasteiger partial charge in [-0.2, -0.15) is 0 Å². The molecule has 0 unspecified atom stereocenters. The van der Waals surface area contributed by atoms with Crippen molar-refractivity contribution in [2.45, 2.75) is 19.8 Å². The normalized spacial score (nSPS) is 10.0. The number of hydrogen-bond acceptors (Lipinski definition) is 5. The van der Waals surface area contributed by atoms with E-state index in [0.717, 1.165) is 22.7 Å². The second-order valence-electron chi connectivity index (χ2n) is 5.76. The van der Waals surface area contributed by atoms with Gasteiger partial charge >= 0.3 is 0 Å². The maximum Gasteiger partial charge on any atom is 0.257 e. The fourth-order valence-electron chi connectivity index (χ4n) is 2.31. The lowest BCUT2D eigenvalue weighted by atomic mass is 10.1. The Kier molecular flexibility index (Phi) is 7.96. The Bertz CT molecular complexity index is 730. The molecule has 0 saturated heterocycles. The summed E-state index contributed by atoms with van der Waals surface area (Å²) in [5.74, 6) is 0.967. The highest BCUT2D eigenvalue weighted by Gasteiger charge is 2.06. The molecule has 2 aromatic carbocycles. The Morgan fingerprint density at radius 2 is 1.52 bits per heavy atom. The number of carbonyl (C=O) groups is 2. The fourth-order valence-corrected chi connectivity index (χ4v) is 2.31. The molecule has 27 heavy (non-hydrogen) atoms. The Balaban J connectivity index is 1.64. The van der Waals surface area contributed by atoms with Crippen molar-refractivity contribution >= 4 is 17.5 Å². The van der Waals surface area contributed by atoms with Gasteiger partial charge in [-0.25, -0.2) is 0 Å². The lowest BCUT2D eigenvalue weighted by Crippen LogP contribution is -2.44. The minimum atomic E-state index is -0.333. The van der Waals surface area contributed by atoms with Gasteiger partial charge in [0.1, 0.15) is 11.5 Å². The van der Waals surface area contributed by atoms with Crippen molar-refractivity contribution in [2.24, 2.45) is 0 Å². The SMILES string of the molecule is CCOc1ccc(CCC(=O)NNC(=O)CNc2ccc(OC)cc2)cc1. The van der Waals surface area contributed by atoms with Crippen molar-refractivity contribution in [3.8, 4) is 11.5 Å². The van der Waals surface area contributed by atoms with Gasteiger partial charge in [0.15, 0.2) is 0 Å². The Hall–Kier alpha value is -3.22. The number of methoxy groups -OCH3 is 1. The van der Waals surface area contributed by atoms with Crippen LogP contribution in [0.25, 0.3) is 0 Å². The van der Waals surface area contributed by atoms with Gasteiger partial charge in [0.2, 0.25) is 5.91 Å². The van der Waals surface area contributed by atoms with Crippen LogP contribution in [0.5, 0.6) is 11.5 Å². The molecule has 3 N–H and O–H groups in total. The highest BCUT2D eigenvalue weighted by molar-refractivity contribution is 5.84.